The first-order valence-electron chi connectivity index (χ1n) is 9.58. The summed E-state index contributed by atoms with van der Waals surface area (Å²) < 4.78 is 0. The van der Waals surface area contributed by atoms with Crippen LogP contribution in [0.1, 0.15) is 74.0 Å². The molecule has 5 rings (SSSR count). The maximum atomic E-state index is 12.5. The Labute approximate surface area is 139 Å². The molecule has 1 spiro atoms. The van der Waals surface area contributed by atoms with Crippen LogP contribution in [0.15, 0.2) is 30.4 Å². The molecule has 1 heteroatoms. The van der Waals surface area contributed by atoms with Crippen molar-refractivity contribution in [1.82, 2.24) is 0 Å². The second-order valence-corrected chi connectivity index (χ2v) is 8.46. The maximum absolute atomic E-state index is 12.5. The number of allylic oxidation sites excluding steroid dienone is 2. The molecule has 0 amide bonds. The van der Waals surface area contributed by atoms with Crippen molar-refractivity contribution < 1.29 is 4.79 Å². The molecule has 2 saturated carbocycles. The molecule has 0 heterocycles. The molecule has 0 aromatic heterocycles. The predicted octanol–water partition coefficient (Wildman–Crippen LogP) is 5.08. The lowest BCUT2D eigenvalue weighted by Gasteiger charge is -2.43. The number of Topliss-reactive ketones (excluding diaryl/α,β-unsaturated/α-hetero) is 1. The van der Waals surface area contributed by atoms with Gasteiger partial charge in [-0.05, 0) is 60.1 Å². The number of hydrogen-bond donors (Lipinski definition) is 0. The number of ketones is 1. The molecule has 0 radical (unpaired) electrons. The highest BCUT2D eigenvalue weighted by molar-refractivity contribution is 5.86. The third-order valence-corrected chi connectivity index (χ3v) is 7.13. The zero-order valence-corrected chi connectivity index (χ0v) is 13.9. The average Bonchev–Trinajstić information content (AvgIpc) is 3.16. The average molecular weight is 306 g/mol. The lowest BCUT2D eigenvalue weighted by molar-refractivity contribution is -0.120. The third-order valence-electron chi connectivity index (χ3n) is 7.13. The van der Waals surface area contributed by atoms with E-state index >= 15 is 0 Å². The summed E-state index contributed by atoms with van der Waals surface area (Å²) in [7, 11) is 0. The smallest absolute Gasteiger partial charge is 0.138 e. The lowest BCUT2D eigenvalue weighted by Crippen LogP contribution is -2.40. The van der Waals surface area contributed by atoms with Crippen LogP contribution in [-0.4, -0.2) is 5.78 Å². The molecule has 3 atom stereocenters. The Kier molecular flexibility index (Phi) is 3.08. The summed E-state index contributed by atoms with van der Waals surface area (Å²) in [5, 5.41) is 0. The summed E-state index contributed by atoms with van der Waals surface area (Å²) in [5.41, 5.74) is 4.77. The predicted molar refractivity (Wildman–Crippen MR) is 92.6 cm³/mol. The summed E-state index contributed by atoms with van der Waals surface area (Å²) in [6.45, 7) is 0. The molecule has 2 bridgehead atoms. The fourth-order valence-electron chi connectivity index (χ4n) is 6.29. The normalized spacial score (nSPS) is 35.9. The zero-order chi connectivity index (χ0) is 15.4. The second kappa shape index (κ2) is 5.06. The van der Waals surface area contributed by atoms with Gasteiger partial charge in [-0.2, -0.15) is 0 Å². The Hall–Kier alpha value is -1.37. The first-order valence-corrected chi connectivity index (χ1v) is 9.58. The lowest BCUT2D eigenvalue weighted by atomic mass is 9.60. The van der Waals surface area contributed by atoms with Gasteiger partial charge in [0.1, 0.15) is 5.78 Å². The van der Waals surface area contributed by atoms with Gasteiger partial charge < -0.3 is 0 Å². The minimum Gasteiger partial charge on any atom is -0.299 e. The van der Waals surface area contributed by atoms with Crippen molar-refractivity contribution in [3.63, 3.8) is 0 Å². The van der Waals surface area contributed by atoms with Crippen LogP contribution in [0.5, 0.6) is 0 Å². The molecule has 4 aliphatic carbocycles. The van der Waals surface area contributed by atoms with E-state index in [1.54, 1.807) is 11.1 Å². The topological polar surface area (TPSA) is 17.1 Å². The van der Waals surface area contributed by atoms with Crippen molar-refractivity contribution >= 4 is 5.78 Å². The SMILES string of the molecule is O=C1Cc2cccc(C3CCCCC3)c2C2(C1)CC1C=CC2C1. The third kappa shape index (κ3) is 2.01. The van der Waals surface area contributed by atoms with Crippen molar-refractivity contribution in [2.45, 2.75) is 69.1 Å². The van der Waals surface area contributed by atoms with Gasteiger partial charge in [-0.3, -0.25) is 4.79 Å². The van der Waals surface area contributed by atoms with E-state index in [0.29, 0.717) is 18.1 Å². The highest BCUT2D eigenvalue weighted by Crippen LogP contribution is 2.59. The van der Waals surface area contributed by atoms with Gasteiger partial charge in [0.25, 0.3) is 0 Å². The molecule has 1 nitrogen and oxygen atoms in total. The van der Waals surface area contributed by atoms with Gasteiger partial charge in [0, 0.05) is 18.3 Å². The fourth-order valence-corrected chi connectivity index (χ4v) is 6.29. The monoisotopic (exact) mass is 306 g/mol. The summed E-state index contributed by atoms with van der Waals surface area (Å²) in [4.78, 5) is 12.5. The van der Waals surface area contributed by atoms with Gasteiger partial charge >= 0.3 is 0 Å². The van der Waals surface area contributed by atoms with Crippen molar-refractivity contribution in [2.24, 2.45) is 11.8 Å². The van der Waals surface area contributed by atoms with Crippen molar-refractivity contribution in [3.8, 4) is 0 Å². The molecule has 0 saturated heterocycles. The van der Waals surface area contributed by atoms with Gasteiger partial charge in [-0.1, -0.05) is 49.6 Å². The highest BCUT2D eigenvalue weighted by Gasteiger charge is 2.53. The highest BCUT2D eigenvalue weighted by atomic mass is 16.1. The van der Waals surface area contributed by atoms with Crippen LogP contribution < -0.4 is 0 Å². The van der Waals surface area contributed by atoms with E-state index in [-0.39, 0.29) is 5.41 Å². The van der Waals surface area contributed by atoms with Crippen molar-refractivity contribution in [3.05, 3.63) is 47.0 Å². The summed E-state index contributed by atoms with van der Waals surface area (Å²) in [6.07, 6.45) is 15.7. The summed E-state index contributed by atoms with van der Waals surface area (Å²) >= 11 is 0. The number of rotatable bonds is 1. The molecule has 120 valence electrons. The molecule has 4 aliphatic rings. The van der Waals surface area contributed by atoms with Crippen LogP contribution in [0.4, 0.5) is 0 Å². The van der Waals surface area contributed by atoms with Crippen molar-refractivity contribution in [2.75, 3.05) is 0 Å². The van der Waals surface area contributed by atoms with Crippen LogP contribution in [0.2, 0.25) is 0 Å². The van der Waals surface area contributed by atoms with Crippen LogP contribution >= 0.6 is 0 Å². The van der Waals surface area contributed by atoms with Gasteiger partial charge in [0.2, 0.25) is 0 Å². The van der Waals surface area contributed by atoms with Gasteiger partial charge in [-0.25, -0.2) is 0 Å². The summed E-state index contributed by atoms with van der Waals surface area (Å²) in [6, 6.07) is 6.87. The first-order chi connectivity index (χ1) is 11.3. The van der Waals surface area contributed by atoms with Crippen LogP contribution in [-0.2, 0) is 16.6 Å². The molecule has 2 fully saturated rings. The van der Waals surface area contributed by atoms with Gasteiger partial charge in [0.05, 0.1) is 0 Å². The van der Waals surface area contributed by atoms with Crippen LogP contribution in [0, 0.1) is 11.8 Å². The van der Waals surface area contributed by atoms with E-state index < -0.39 is 0 Å². The van der Waals surface area contributed by atoms with Crippen molar-refractivity contribution in [1.29, 1.82) is 0 Å². The molecule has 1 aromatic carbocycles. The number of fused-ring (bicyclic) bond motifs is 5. The number of carbonyl (C=O) groups excluding carboxylic acids is 1. The van der Waals surface area contributed by atoms with E-state index in [1.807, 2.05) is 0 Å². The number of carbonyl (C=O) groups is 1. The fraction of sp³-hybridized carbons (Fsp3) is 0.591. The number of benzene rings is 1. The van der Waals surface area contributed by atoms with Gasteiger partial charge in [-0.15, -0.1) is 0 Å². The van der Waals surface area contributed by atoms with Gasteiger partial charge in [0.15, 0.2) is 0 Å². The second-order valence-electron chi connectivity index (χ2n) is 8.46. The minimum atomic E-state index is 0.151. The molecule has 0 N–H and O–H groups in total. The maximum Gasteiger partial charge on any atom is 0.138 e. The summed E-state index contributed by atoms with van der Waals surface area (Å²) in [5.74, 6) is 2.55. The molecular weight excluding hydrogens is 280 g/mol. The first kappa shape index (κ1) is 14.0. The van der Waals surface area contributed by atoms with Crippen LogP contribution in [0.25, 0.3) is 0 Å². The molecule has 3 unspecified atom stereocenters. The Morgan fingerprint density at radius 1 is 1.04 bits per heavy atom. The standard InChI is InChI=1S/C22H26O/c23-19-12-17-7-4-8-20(16-5-2-1-3-6-16)21(17)22(14-19)13-15-9-10-18(22)11-15/h4,7-10,15-16,18H,1-3,5-6,11-14H2. The van der Waals surface area contributed by atoms with E-state index in [0.717, 1.165) is 18.3 Å². The van der Waals surface area contributed by atoms with E-state index in [1.165, 1.54) is 50.5 Å². The minimum absolute atomic E-state index is 0.151. The quantitative estimate of drug-likeness (QED) is 0.661. The van der Waals surface area contributed by atoms with E-state index in [9.17, 15) is 4.79 Å². The Morgan fingerprint density at radius 2 is 1.91 bits per heavy atom. The van der Waals surface area contributed by atoms with E-state index in [4.69, 9.17) is 0 Å². The Balaban J connectivity index is 1.67. The Bertz CT molecular complexity index is 679. The number of hydrogen-bond acceptors (Lipinski definition) is 1. The molecule has 23 heavy (non-hydrogen) atoms. The van der Waals surface area contributed by atoms with E-state index in [2.05, 4.69) is 30.4 Å². The molecule has 0 aliphatic heterocycles. The van der Waals surface area contributed by atoms with Crippen LogP contribution in [0.3, 0.4) is 0 Å². The molecule has 1 aromatic rings. The molecular formula is C22H26O. The largest absolute Gasteiger partial charge is 0.299 e. The Morgan fingerprint density at radius 3 is 2.65 bits per heavy atom. The zero-order valence-electron chi connectivity index (χ0n) is 13.9.